The van der Waals surface area contributed by atoms with Crippen molar-refractivity contribution in [1.82, 2.24) is 4.68 Å². The second-order valence-electron chi connectivity index (χ2n) is 11.8. The van der Waals surface area contributed by atoms with Gasteiger partial charge in [-0.15, -0.1) is 0 Å². The van der Waals surface area contributed by atoms with E-state index in [0.717, 1.165) is 67.4 Å². The molecule has 0 N–H and O–H groups in total. The minimum absolute atomic E-state index is 0.812. The van der Waals surface area contributed by atoms with E-state index in [-0.39, 0.29) is 0 Å². The highest BCUT2D eigenvalue weighted by Gasteiger charge is 2.21. The van der Waals surface area contributed by atoms with Crippen molar-refractivity contribution >= 4 is 34.0 Å². The molecule has 0 aliphatic carbocycles. The molecule has 0 amide bonds. The van der Waals surface area contributed by atoms with Crippen LogP contribution in [0.5, 0.6) is 11.5 Å². The number of ether oxygens (including phenoxy) is 2. The van der Waals surface area contributed by atoms with Crippen LogP contribution in [-0.2, 0) is 0 Å². The number of fused-ring (bicyclic) bond motifs is 1. The third kappa shape index (κ3) is 5.94. The number of benzene rings is 6. The first-order valence-corrected chi connectivity index (χ1v) is 16.0. The zero-order chi connectivity index (χ0) is 33.0. The van der Waals surface area contributed by atoms with E-state index in [0.29, 0.717) is 0 Å². The Labute approximate surface area is 281 Å². The molecule has 5 nitrogen and oxygen atoms in total. The van der Waals surface area contributed by atoms with Crippen LogP contribution in [0, 0.1) is 13.8 Å². The standard InChI is InChI=1S/C43H37N3O2/c1-30-27-40-41(28-31(30)2)43(34-19-25-39(48-4)26-20-34)46(42(40)33-17-23-38(47-3)24-18-33)44-29-32-15-21-37(22-16-32)45(35-11-7-5-8-12-35)36-13-9-6-10-14-36/h5-29H,1-4H3. The summed E-state index contributed by atoms with van der Waals surface area (Å²) in [6, 6.07) is 50.4. The number of rotatable bonds is 9. The van der Waals surface area contributed by atoms with Gasteiger partial charge >= 0.3 is 0 Å². The molecule has 0 unspecified atom stereocenters. The van der Waals surface area contributed by atoms with Gasteiger partial charge in [-0.3, -0.25) is 0 Å². The third-order valence-electron chi connectivity index (χ3n) is 8.80. The van der Waals surface area contributed by atoms with Crippen LogP contribution < -0.4 is 14.4 Å². The molecule has 0 aliphatic rings. The van der Waals surface area contributed by atoms with E-state index in [4.69, 9.17) is 14.6 Å². The fourth-order valence-electron chi connectivity index (χ4n) is 6.15. The van der Waals surface area contributed by atoms with E-state index in [1.165, 1.54) is 11.1 Å². The minimum Gasteiger partial charge on any atom is -0.497 e. The van der Waals surface area contributed by atoms with Crippen molar-refractivity contribution < 1.29 is 9.47 Å². The molecule has 6 aromatic carbocycles. The van der Waals surface area contributed by atoms with E-state index in [1.54, 1.807) is 14.2 Å². The molecule has 48 heavy (non-hydrogen) atoms. The smallest absolute Gasteiger partial charge is 0.118 e. The SMILES string of the molecule is COc1ccc(-c2c3cc(C)c(C)cc3c(-c3ccc(OC)cc3)n2N=Cc2ccc(N(c3ccccc3)c3ccccc3)cc2)cc1. The lowest BCUT2D eigenvalue weighted by molar-refractivity contribution is 0.415. The second kappa shape index (κ2) is 13.3. The van der Waals surface area contributed by atoms with Crippen molar-refractivity contribution in [2.24, 2.45) is 5.10 Å². The molecule has 7 aromatic rings. The predicted octanol–water partition coefficient (Wildman–Crippen LogP) is 11.0. The first-order valence-electron chi connectivity index (χ1n) is 16.0. The normalized spacial score (nSPS) is 11.2. The van der Waals surface area contributed by atoms with E-state index in [9.17, 15) is 0 Å². The van der Waals surface area contributed by atoms with Crippen LogP contribution in [0.15, 0.2) is 151 Å². The summed E-state index contributed by atoms with van der Waals surface area (Å²) in [7, 11) is 3.38. The van der Waals surface area contributed by atoms with Crippen LogP contribution >= 0.6 is 0 Å². The summed E-state index contributed by atoms with van der Waals surface area (Å²) in [6.07, 6.45) is 1.94. The van der Waals surface area contributed by atoms with Gasteiger partial charge in [0.05, 0.1) is 31.8 Å². The van der Waals surface area contributed by atoms with Gasteiger partial charge in [0.25, 0.3) is 0 Å². The van der Waals surface area contributed by atoms with Crippen molar-refractivity contribution in [2.75, 3.05) is 19.1 Å². The van der Waals surface area contributed by atoms with E-state index in [1.807, 2.05) is 42.6 Å². The number of nitrogens with zero attached hydrogens (tertiary/aromatic N) is 3. The number of hydrogen-bond acceptors (Lipinski definition) is 4. The minimum atomic E-state index is 0.812. The number of anilines is 3. The molecule has 0 fully saturated rings. The van der Waals surface area contributed by atoms with E-state index < -0.39 is 0 Å². The number of aromatic nitrogens is 1. The van der Waals surface area contributed by atoms with Gasteiger partial charge in [-0.1, -0.05) is 48.5 Å². The van der Waals surface area contributed by atoms with Crippen LogP contribution in [0.25, 0.3) is 33.3 Å². The van der Waals surface area contributed by atoms with Crippen molar-refractivity contribution in [2.45, 2.75) is 13.8 Å². The van der Waals surface area contributed by atoms with Crippen molar-refractivity contribution in [3.8, 4) is 34.0 Å². The maximum absolute atomic E-state index is 5.49. The van der Waals surface area contributed by atoms with Gasteiger partial charge in [0.1, 0.15) is 11.5 Å². The van der Waals surface area contributed by atoms with Crippen molar-refractivity contribution in [1.29, 1.82) is 0 Å². The summed E-state index contributed by atoms with van der Waals surface area (Å²) in [5.74, 6) is 1.62. The molecule has 1 aromatic heterocycles. The molecule has 0 saturated heterocycles. The van der Waals surface area contributed by atoms with Gasteiger partial charge in [0.15, 0.2) is 0 Å². The van der Waals surface area contributed by atoms with Crippen molar-refractivity contribution in [3.63, 3.8) is 0 Å². The van der Waals surface area contributed by atoms with Crippen molar-refractivity contribution in [3.05, 3.63) is 162 Å². The molecule has 5 heteroatoms. The maximum Gasteiger partial charge on any atom is 0.118 e. The quantitative estimate of drug-likeness (QED) is 0.150. The Balaban J connectivity index is 1.37. The van der Waals surface area contributed by atoms with Crippen LogP contribution in [0.3, 0.4) is 0 Å². The van der Waals surface area contributed by atoms with Gasteiger partial charge in [-0.05, 0) is 128 Å². The lowest BCUT2D eigenvalue weighted by Crippen LogP contribution is -2.09. The third-order valence-corrected chi connectivity index (χ3v) is 8.80. The average molecular weight is 628 g/mol. The topological polar surface area (TPSA) is 39.0 Å². The number of aryl methyl sites for hydroxylation is 2. The second-order valence-corrected chi connectivity index (χ2v) is 11.8. The lowest BCUT2D eigenvalue weighted by atomic mass is 9.99. The molecular formula is C43H37N3O2. The molecule has 1 heterocycles. The summed E-state index contributed by atoms with van der Waals surface area (Å²) in [5.41, 5.74) is 10.9. The number of para-hydroxylation sites is 2. The van der Waals surface area contributed by atoms with Crippen LogP contribution in [0.2, 0.25) is 0 Å². The molecule has 0 aliphatic heterocycles. The largest absolute Gasteiger partial charge is 0.497 e. The lowest BCUT2D eigenvalue weighted by Gasteiger charge is -2.25. The summed E-state index contributed by atoms with van der Waals surface area (Å²) >= 11 is 0. The Bertz CT molecular complexity index is 2060. The zero-order valence-corrected chi connectivity index (χ0v) is 27.6. The first kappa shape index (κ1) is 30.6. The number of hydrogen-bond donors (Lipinski definition) is 0. The summed E-state index contributed by atoms with van der Waals surface area (Å²) < 4.78 is 13.1. The molecule has 0 saturated carbocycles. The monoisotopic (exact) mass is 627 g/mol. The molecule has 0 atom stereocenters. The molecular weight excluding hydrogens is 590 g/mol. The highest BCUT2D eigenvalue weighted by atomic mass is 16.5. The Hall–Kier alpha value is -6.07. The zero-order valence-electron chi connectivity index (χ0n) is 27.6. The van der Waals surface area contributed by atoms with Crippen LogP contribution in [0.1, 0.15) is 16.7 Å². The van der Waals surface area contributed by atoms with E-state index >= 15 is 0 Å². The predicted molar refractivity (Wildman–Crippen MR) is 200 cm³/mol. The fraction of sp³-hybridized carbons (Fsp3) is 0.0930. The van der Waals surface area contributed by atoms with E-state index in [2.05, 4.69) is 133 Å². The van der Waals surface area contributed by atoms with Gasteiger partial charge in [0.2, 0.25) is 0 Å². The summed E-state index contributed by atoms with van der Waals surface area (Å²) in [6.45, 7) is 4.33. The Morgan fingerprint density at radius 1 is 0.521 bits per heavy atom. The summed E-state index contributed by atoms with van der Waals surface area (Å²) in [4.78, 5) is 2.26. The Kier molecular flexibility index (Phi) is 8.50. The Morgan fingerprint density at radius 3 is 1.35 bits per heavy atom. The molecule has 0 bridgehead atoms. The first-order chi connectivity index (χ1) is 23.5. The van der Waals surface area contributed by atoms with Gasteiger partial charge in [-0.2, -0.15) is 5.10 Å². The number of methoxy groups -OCH3 is 2. The highest BCUT2D eigenvalue weighted by Crippen LogP contribution is 2.41. The Morgan fingerprint density at radius 2 is 0.938 bits per heavy atom. The molecule has 236 valence electrons. The van der Waals surface area contributed by atoms with Crippen LogP contribution in [-0.4, -0.2) is 25.1 Å². The summed E-state index contributed by atoms with van der Waals surface area (Å²) in [5, 5.41) is 7.50. The van der Waals surface area contributed by atoms with Gasteiger partial charge < -0.3 is 14.4 Å². The molecule has 0 spiro atoms. The molecule has 0 radical (unpaired) electrons. The van der Waals surface area contributed by atoms with Crippen LogP contribution in [0.4, 0.5) is 17.1 Å². The fourth-order valence-corrected chi connectivity index (χ4v) is 6.15. The molecule has 7 rings (SSSR count). The van der Waals surface area contributed by atoms with Gasteiger partial charge in [0, 0.05) is 39.0 Å². The van der Waals surface area contributed by atoms with Gasteiger partial charge in [-0.25, -0.2) is 4.68 Å². The highest BCUT2D eigenvalue weighted by molar-refractivity contribution is 6.06. The maximum atomic E-state index is 5.49. The average Bonchev–Trinajstić information content (AvgIpc) is 3.44.